The van der Waals surface area contributed by atoms with Gasteiger partial charge in [-0.25, -0.2) is 4.79 Å². The molecular formula is C15H12N2O4S. The molecule has 1 aromatic carbocycles. The molecule has 0 spiro atoms. The Morgan fingerprint density at radius 1 is 1.27 bits per heavy atom. The highest BCUT2D eigenvalue weighted by molar-refractivity contribution is 7.12. The van der Waals surface area contributed by atoms with E-state index < -0.39 is 0 Å². The van der Waals surface area contributed by atoms with Crippen LogP contribution in [0.4, 0.5) is 0 Å². The SMILES string of the molecule is COC(=O)c1sccc1COc1ccc(-c2nnco2)cc1. The number of ether oxygens (including phenoxy) is 2. The first-order valence-electron chi connectivity index (χ1n) is 6.42. The monoisotopic (exact) mass is 316 g/mol. The zero-order valence-electron chi connectivity index (χ0n) is 11.7. The lowest BCUT2D eigenvalue weighted by atomic mass is 10.2. The van der Waals surface area contributed by atoms with Gasteiger partial charge in [0.1, 0.15) is 17.2 Å². The molecule has 0 saturated carbocycles. The average Bonchev–Trinajstić information content (AvgIpc) is 3.24. The fourth-order valence-electron chi connectivity index (χ4n) is 1.87. The predicted molar refractivity (Wildman–Crippen MR) is 79.7 cm³/mol. The van der Waals surface area contributed by atoms with Crippen molar-refractivity contribution in [1.29, 1.82) is 0 Å². The van der Waals surface area contributed by atoms with Gasteiger partial charge in [-0.15, -0.1) is 21.5 Å². The summed E-state index contributed by atoms with van der Waals surface area (Å²) in [5, 5.41) is 9.31. The zero-order chi connectivity index (χ0) is 15.4. The molecule has 0 saturated heterocycles. The fourth-order valence-corrected chi connectivity index (χ4v) is 2.70. The minimum atomic E-state index is -0.347. The van der Waals surface area contributed by atoms with E-state index in [1.54, 1.807) is 0 Å². The number of methoxy groups -OCH3 is 1. The van der Waals surface area contributed by atoms with E-state index in [0.29, 0.717) is 23.1 Å². The highest BCUT2D eigenvalue weighted by Crippen LogP contribution is 2.23. The first-order chi connectivity index (χ1) is 10.8. The van der Waals surface area contributed by atoms with Crippen molar-refractivity contribution in [2.75, 3.05) is 7.11 Å². The molecule has 0 bridgehead atoms. The summed E-state index contributed by atoms with van der Waals surface area (Å²) < 4.78 is 15.5. The molecule has 3 rings (SSSR count). The number of thiophene rings is 1. The Hall–Kier alpha value is -2.67. The van der Waals surface area contributed by atoms with E-state index in [1.165, 1.54) is 24.8 Å². The van der Waals surface area contributed by atoms with E-state index >= 15 is 0 Å². The first kappa shape index (κ1) is 14.3. The Morgan fingerprint density at radius 2 is 2.09 bits per heavy atom. The third-order valence-corrected chi connectivity index (χ3v) is 3.91. The molecule has 0 unspecified atom stereocenters. The van der Waals surface area contributed by atoms with Crippen LogP contribution in [0.25, 0.3) is 11.5 Å². The smallest absolute Gasteiger partial charge is 0.348 e. The van der Waals surface area contributed by atoms with Crippen molar-refractivity contribution in [2.45, 2.75) is 6.61 Å². The second kappa shape index (κ2) is 6.40. The van der Waals surface area contributed by atoms with Crippen molar-refractivity contribution >= 4 is 17.3 Å². The van der Waals surface area contributed by atoms with Gasteiger partial charge in [0.2, 0.25) is 12.3 Å². The van der Waals surface area contributed by atoms with E-state index in [1.807, 2.05) is 35.7 Å². The van der Waals surface area contributed by atoms with Gasteiger partial charge in [-0.3, -0.25) is 0 Å². The maximum Gasteiger partial charge on any atom is 0.348 e. The summed E-state index contributed by atoms with van der Waals surface area (Å²) in [5.74, 6) is 0.794. The van der Waals surface area contributed by atoms with Crippen molar-refractivity contribution < 1.29 is 18.7 Å². The Balaban J connectivity index is 1.67. The summed E-state index contributed by atoms with van der Waals surface area (Å²) in [5.41, 5.74) is 1.62. The third-order valence-electron chi connectivity index (χ3n) is 2.97. The van der Waals surface area contributed by atoms with Crippen LogP contribution >= 0.6 is 11.3 Å². The first-order valence-corrected chi connectivity index (χ1v) is 7.30. The van der Waals surface area contributed by atoms with Crippen LogP contribution in [0, 0.1) is 0 Å². The molecule has 0 aliphatic carbocycles. The Morgan fingerprint density at radius 3 is 2.77 bits per heavy atom. The number of benzene rings is 1. The molecule has 112 valence electrons. The molecule has 0 aliphatic heterocycles. The van der Waals surface area contributed by atoms with Crippen LogP contribution in [0.1, 0.15) is 15.2 Å². The summed E-state index contributed by atoms with van der Waals surface area (Å²) in [6.07, 6.45) is 1.28. The lowest BCUT2D eigenvalue weighted by molar-refractivity contribution is 0.0603. The van der Waals surface area contributed by atoms with Gasteiger partial charge in [-0.1, -0.05) is 0 Å². The number of carbonyl (C=O) groups excluding carboxylic acids is 1. The normalized spacial score (nSPS) is 10.4. The topological polar surface area (TPSA) is 74.5 Å². The molecule has 0 amide bonds. The van der Waals surface area contributed by atoms with Crippen molar-refractivity contribution in [3.8, 4) is 17.2 Å². The Bertz CT molecular complexity index is 750. The molecule has 0 atom stereocenters. The summed E-state index contributed by atoms with van der Waals surface area (Å²) in [4.78, 5) is 12.2. The number of hydrogen-bond acceptors (Lipinski definition) is 7. The van der Waals surface area contributed by atoms with Crippen molar-refractivity contribution in [3.63, 3.8) is 0 Å². The van der Waals surface area contributed by atoms with Gasteiger partial charge in [0, 0.05) is 11.1 Å². The molecule has 3 aromatic rings. The van der Waals surface area contributed by atoms with Gasteiger partial charge in [0.05, 0.1) is 7.11 Å². The summed E-state index contributed by atoms with van der Waals surface area (Å²) in [6, 6.07) is 9.13. The molecule has 6 nitrogen and oxygen atoms in total. The minimum Gasteiger partial charge on any atom is -0.489 e. The third kappa shape index (κ3) is 2.99. The van der Waals surface area contributed by atoms with Crippen molar-refractivity contribution in [1.82, 2.24) is 10.2 Å². The second-order valence-corrected chi connectivity index (χ2v) is 5.24. The number of aromatic nitrogens is 2. The standard InChI is InChI=1S/C15H12N2O4S/c1-19-15(18)13-11(6-7-22-13)8-20-12-4-2-10(3-5-12)14-17-16-9-21-14/h2-7,9H,8H2,1H3. The van der Waals surface area contributed by atoms with Crippen molar-refractivity contribution in [2.24, 2.45) is 0 Å². The van der Waals surface area contributed by atoms with Gasteiger partial charge in [0.25, 0.3) is 0 Å². The summed E-state index contributed by atoms with van der Waals surface area (Å²) in [6.45, 7) is 0.299. The number of rotatable bonds is 5. The Kier molecular flexibility index (Phi) is 4.15. The number of nitrogens with zero attached hydrogens (tertiary/aromatic N) is 2. The van der Waals surface area contributed by atoms with E-state index in [0.717, 1.165) is 11.1 Å². The van der Waals surface area contributed by atoms with E-state index in [-0.39, 0.29) is 5.97 Å². The van der Waals surface area contributed by atoms with Gasteiger partial charge in [-0.05, 0) is 35.7 Å². The highest BCUT2D eigenvalue weighted by Gasteiger charge is 2.13. The number of esters is 1. The zero-order valence-corrected chi connectivity index (χ0v) is 12.5. The van der Waals surface area contributed by atoms with Crippen LogP contribution in [-0.4, -0.2) is 23.3 Å². The fraction of sp³-hybridized carbons (Fsp3) is 0.133. The molecule has 0 radical (unpaired) electrons. The minimum absolute atomic E-state index is 0.299. The lowest BCUT2D eigenvalue weighted by Crippen LogP contribution is -2.04. The second-order valence-electron chi connectivity index (χ2n) is 4.32. The Labute approximate surface area is 130 Å². The van der Waals surface area contributed by atoms with Crippen LogP contribution in [0.15, 0.2) is 46.5 Å². The van der Waals surface area contributed by atoms with Crippen LogP contribution in [0.2, 0.25) is 0 Å². The summed E-state index contributed by atoms with van der Waals surface area (Å²) >= 11 is 1.34. The van der Waals surface area contributed by atoms with E-state index in [4.69, 9.17) is 13.9 Å². The molecule has 0 fully saturated rings. The molecule has 0 N–H and O–H groups in total. The van der Waals surface area contributed by atoms with Crippen LogP contribution in [0.5, 0.6) is 5.75 Å². The molecular weight excluding hydrogens is 304 g/mol. The van der Waals surface area contributed by atoms with Gasteiger partial charge < -0.3 is 13.9 Å². The van der Waals surface area contributed by atoms with Gasteiger partial charge in [-0.2, -0.15) is 0 Å². The van der Waals surface area contributed by atoms with Gasteiger partial charge in [0.15, 0.2) is 0 Å². The van der Waals surface area contributed by atoms with Crippen LogP contribution in [0.3, 0.4) is 0 Å². The van der Waals surface area contributed by atoms with E-state index in [2.05, 4.69) is 10.2 Å². The predicted octanol–water partition coefficient (Wildman–Crippen LogP) is 3.16. The van der Waals surface area contributed by atoms with E-state index in [9.17, 15) is 4.79 Å². The molecule has 7 heteroatoms. The highest BCUT2D eigenvalue weighted by atomic mass is 32.1. The number of hydrogen-bond donors (Lipinski definition) is 0. The average molecular weight is 316 g/mol. The molecule has 22 heavy (non-hydrogen) atoms. The molecule has 2 aromatic heterocycles. The lowest BCUT2D eigenvalue weighted by Gasteiger charge is -2.07. The quantitative estimate of drug-likeness (QED) is 0.673. The maximum atomic E-state index is 11.6. The molecule has 0 aliphatic rings. The van der Waals surface area contributed by atoms with Crippen LogP contribution in [-0.2, 0) is 11.3 Å². The van der Waals surface area contributed by atoms with Crippen molar-refractivity contribution in [3.05, 3.63) is 52.5 Å². The van der Waals surface area contributed by atoms with Gasteiger partial charge >= 0.3 is 5.97 Å². The molecule has 2 heterocycles. The largest absolute Gasteiger partial charge is 0.489 e. The summed E-state index contributed by atoms with van der Waals surface area (Å²) in [7, 11) is 1.36. The number of carbonyl (C=O) groups is 1. The van der Waals surface area contributed by atoms with Crippen LogP contribution < -0.4 is 4.74 Å². The maximum absolute atomic E-state index is 11.6.